The molecule has 7 nitrogen and oxygen atoms in total. The van der Waals surface area contributed by atoms with Crippen molar-refractivity contribution in [2.24, 2.45) is 0 Å². The van der Waals surface area contributed by atoms with Crippen LogP contribution in [0.1, 0.15) is 29.7 Å². The number of likely N-dealkylation sites (tertiary alicyclic amines) is 1. The fourth-order valence-electron chi connectivity index (χ4n) is 4.90. The minimum absolute atomic E-state index is 0.0703. The molecule has 0 aliphatic carbocycles. The van der Waals surface area contributed by atoms with E-state index < -0.39 is 17.7 Å². The summed E-state index contributed by atoms with van der Waals surface area (Å²) in [6.45, 7) is 5.93. The van der Waals surface area contributed by atoms with Crippen LogP contribution in [0.4, 0.5) is 0 Å². The fourth-order valence-corrected chi connectivity index (χ4v) is 5.17. The van der Waals surface area contributed by atoms with Crippen LogP contribution in [-0.4, -0.2) is 72.1 Å². The first-order valence-corrected chi connectivity index (χ1v) is 12.4. The number of ether oxygens (including phenoxy) is 2. The highest BCUT2D eigenvalue weighted by molar-refractivity contribution is 9.10. The molecule has 2 aromatic carbocycles. The molecule has 1 N–H and O–H groups in total. The van der Waals surface area contributed by atoms with E-state index in [2.05, 4.69) is 20.8 Å². The van der Waals surface area contributed by atoms with Crippen molar-refractivity contribution in [1.82, 2.24) is 9.80 Å². The van der Waals surface area contributed by atoms with E-state index in [1.165, 1.54) is 0 Å². The Kier molecular flexibility index (Phi) is 6.46. The molecule has 2 atom stereocenters. The van der Waals surface area contributed by atoms with Crippen molar-refractivity contribution in [3.63, 3.8) is 0 Å². The first-order chi connectivity index (χ1) is 16.4. The highest BCUT2D eigenvalue weighted by atomic mass is 79.9. The fraction of sp³-hybridized carbons (Fsp3) is 0.385. The summed E-state index contributed by atoms with van der Waals surface area (Å²) in [5.74, 6) is -0.597. The molecule has 34 heavy (non-hydrogen) atoms. The average molecular weight is 527 g/mol. The molecule has 2 fully saturated rings. The predicted molar refractivity (Wildman–Crippen MR) is 131 cm³/mol. The minimum Gasteiger partial charge on any atom is -0.507 e. The summed E-state index contributed by atoms with van der Waals surface area (Å²) in [6.07, 6.45) is 0.807. The van der Waals surface area contributed by atoms with Gasteiger partial charge in [0, 0.05) is 42.6 Å². The van der Waals surface area contributed by atoms with Crippen LogP contribution >= 0.6 is 15.9 Å². The lowest BCUT2D eigenvalue weighted by molar-refractivity contribution is -0.140. The van der Waals surface area contributed by atoms with E-state index >= 15 is 0 Å². The van der Waals surface area contributed by atoms with Gasteiger partial charge in [0.25, 0.3) is 11.7 Å². The van der Waals surface area contributed by atoms with Gasteiger partial charge in [-0.25, -0.2) is 0 Å². The molecule has 1 amide bonds. The second-order valence-electron chi connectivity index (χ2n) is 8.95. The van der Waals surface area contributed by atoms with Crippen LogP contribution in [-0.2, 0) is 20.7 Å². The van der Waals surface area contributed by atoms with Gasteiger partial charge >= 0.3 is 0 Å². The number of rotatable bonds is 5. The third kappa shape index (κ3) is 4.37. The standard InChI is InChI=1S/C26H27BrN2O5/c1-16-14-19-15-18(4-7-21(19)34-16)24(30)22-23(17-2-5-20(27)6-3-17)29(26(32)25(22)31)9-8-28-10-12-33-13-11-28/h2-7,15-16,23,30H,8-14H2,1H3. The second-order valence-corrected chi connectivity index (χ2v) is 9.87. The van der Waals surface area contributed by atoms with E-state index in [-0.39, 0.29) is 17.4 Å². The largest absolute Gasteiger partial charge is 0.507 e. The number of aliphatic hydroxyl groups is 1. The van der Waals surface area contributed by atoms with Crippen LogP contribution in [0.25, 0.3) is 5.76 Å². The van der Waals surface area contributed by atoms with Crippen LogP contribution in [0.15, 0.2) is 52.5 Å². The summed E-state index contributed by atoms with van der Waals surface area (Å²) in [4.78, 5) is 30.2. The number of fused-ring (bicyclic) bond motifs is 1. The number of halogens is 1. The highest BCUT2D eigenvalue weighted by Crippen LogP contribution is 2.40. The van der Waals surface area contributed by atoms with Gasteiger partial charge in [0.05, 0.1) is 24.8 Å². The van der Waals surface area contributed by atoms with Gasteiger partial charge in [-0.2, -0.15) is 0 Å². The smallest absolute Gasteiger partial charge is 0.295 e. The van der Waals surface area contributed by atoms with E-state index in [4.69, 9.17) is 9.47 Å². The molecule has 3 heterocycles. The summed E-state index contributed by atoms with van der Waals surface area (Å²) in [5.41, 5.74) is 2.41. The zero-order chi connectivity index (χ0) is 23.8. The second kappa shape index (κ2) is 9.52. The summed E-state index contributed by atoms with van der Waals surface area (Å²) in [7, 11) is 0. The molecular formula is C26H27BrN2O5. The number of morpholine rings is 1. The summed E-state index contributed by atoms with van der Waals surface area (Å²) >= 11 is 3.45. The Hall–Kier alpha value is -2.68. The SMILES string of the molecule is CC1Cc2cc(C(O)=C3C(=O)C(=O)N(CCN4CCOCC4)C3c3ccc(Br)cc3)ccc2O1. The minimum atomic E-state index is -0.655. The molecular weight excluding hydrogens is 500 g/mol. The molecule has 8 heteroatoms. The van der Waals surface area contributed by atoms with Gasteiger partial charge in [0.15, 0.2) is 0 Å². The topological polar surface area (TPSA) is 79.3 Å². The number of hydrogen-bond acceptors (Lipinski definition) is 6. The van der Waals surface area contributed by atoms with E-state index in [0.29, 0.717) is 31.9 Å². The Morgan fingerprint density at radius 2 is 1.82 bits per heavy atom. The van der Waals surface area contributed by atoms with Crippen LogP contribution < -0.4 is 4.74 Å². The van der Waals surface area contributed by atoms with Crippen molar-refractivity contribution in [3.8, 4) is 5.75 Å². The first-order valence-electron chi connectivity index (χ1n) is 11.6. The number of hydrogen-bond donors (Lipinski definition) is 1. The normalized spacial score (nSPS) is 24.4. The number of nitrogens with zero attached hydrogens (tertiary/aromatic N) is 2. The molecule has 5 rings (SSSR count). The predicted octanol–water partition coefficient (Wildman–Crippen LogP) is 3.53. The maximum absolute atomic E-state index is 13.2. The summed E-state index contributed by atoms with van der Waals surface area (Å²) in [5, 5.41) is 11.3. The van der Waals surface area contributed by atoms with Crippen molar-refractivity contribution in [1.29, 1.82) is 0 Å². The number of Topliss-reactive ketones (excluding diaryl/α,β-unsaturated/α-hetero) is 1. The lowest BCUT2D eigenvalue weighted by Gasteiger charge is -2.31. The third-order valence-corrected chi connectivity index (χ3v) is 7.18. The van der Waals surface area contributed by atoms with Gasteiger partial charge in [-0.1, -0.05) is 28.1 Å². The molecule has 0 bridgehead atoms. The van der Waals surface area contributed by atoms with Crippen molar-refractivity contribution >= 4 is 33.4 Å². The molecule has 2 unspecified atom stereocenters. The van der Waals surface area contributed by atoms with Gasteiger partial charge in [-0.05, 0) is 48.4 Å². The summed E-state index contributed by atoms with van der Waals surface area (Å²) in [6, 6.07) is 12.3. The van der Waals surface area contributed by atoms with Gasteiger partial charge < -0.3 is 19.5 Å². The van der Waals surface area contributed by atoms with Crippen molar-refractivity contribution in [2.75, 3.05) is 39.4 Å². The van der Waals surface area contributed by atoms with E-state index in [1.54, 1.807) is 11.0 Å². The van der Waals surface area contributed by atoms with Crippen LogP contribution in [0.3, 0.4) is 0 Å². The zero-order valence-corrected chi connectivity index (χ0v) is 20.6. The van der Waals surface area contributed by atoms with Crippen molar-refractivity contribution < 1.29 is 24.2 Å². The zero-order valence-electron chi connectivity index (χ0n) is 19.0. The molecule has 0 aromatic heterocycles. The van der Waals surface area contributed by atoms with E-state index in [9.17, 15) is 14.7 Å². The van der Waals surface area contributed by atoms with Gasteiger partial charge in [0.1, 0.15) is 17.6 Å². The molecule has 178 valence electrons. The molecule has 0 radical (unpaired) electrons. The van der Waals surface area contributed by atoms with E-state index in [0.717, 1.165) is 40.9 Å². The molecule has 3 aliphatic rings. The number of benzene rings is 2. The third-order valence-electron chi connectivity index (χ3n) is 6.66. The number of ketones is 1. The van der Waals surface area contributed by atoms with Gasteiger partial charge in [0.2, 0.25) is 0 Å². The van der Waals surface area contributed by atoms with Crippen molar-refractivity contribution in [2.45, 2.75) is 25.5 Å². The molecule has 3 aliphatic heterocycles. The first kappa shape index (κ1) is 23.1. The number of carbonyl (C=O) groups excluding carboxylic acids is 2. The van der Waals surface area contributed by atoms with Crippen LogP contribution in [0, 0.1) is 0 Å². The molecule has 0 spiro atoms. The Labute approximate surface area is 207 Å². The molecule has 2 aromatic rings. The van der Waals surface area contributed by atoms with Crippen LogP contribution in [0.2, 0.25) is 0 Å². The maximum Gasteiger partial charge on any atom is 0.295 e. The maximum atomic E-state index is 13.2. The molecule has 0 saturated carbocycles. The van der Waals surface area contributed by atoms with E-state index in [1.807, 2.05) is 43.3 Å². The lowest BCUT2D eigenvalue weighted by atomic mass is 9.94. The van der Waals surface area contributed by atoms with Crippen LogP contribution in [0.5, 0.6) is 5.75 Å². The Balaban J connectivity index is 1.53. The monoisotopic (exact) mass is 526 g/mol. The lowest BCUT2D eigenvalue weighted by Crippen LogP contribution is -2.42. The summed E-state index contributed by atoms with van der Waals surface area (Å²) < 4.78 is 12.1. The highest BCUT2D eigenvalue weighted by Gasteiger charge is 2.46. The Morgan fingerprint density at radius 3 is 2.56 bits per heavy atom. The quantitative estimate of drug-likeness (QED) is 0.364. The Bertz CT molecular complexity index is 1140. The van der Waals surface area contributed by atoms with Crippen molar-refractivity contribution in [3.05, 3.63) is 69.2 Å². The Morgan fingerprint density at radius 1 is 1.09 bits per heavy atom. The van der Waals surface area contributed by atoms with Gasteiger partial charge in [-0.3, -0.25) is 14.5 Å². The molecule has 2 saturated heterocycles. The number of aliphatic hydroxyl groups excluding tert-OH is 1. The van der Waals surface area contributed by atoms with Gasteiger partial charge in [-0.15, -0.1) is 0 Å². The number of amides is 1. The average Bonchev–Trinajstić information content (AvgIpc) is 3.34. The number of carbonyl (C=O) groups is 2.